The summed E-state index contributed by atoms with van der Waals surface area (Å²) in [5.74, 6) is 2.94. The van der Waals surface area contributed by atoms with Crippen LogP contribution in [-0.2, 0) is 28.9 Å². The number of sulfone groups is 1. The van der Waals surface area contributed by atoms with E-state index in [1.165, 1.54) is 56.9 Å². The second-order valence-electron chi connectivity index (χ2n) is 22.7. The molecule has 0 spiro atoms. The topological polar surface area (TPSA) is 102 Å². The van der Waals surface area contributed by atoms with Gasteiger partial charge in [-0.1, -0.05) is 77.7 Å². The lowest BCUT2D eigenvalue weighted by Crippen LogP contribution is -2.66. The zero-order valence-corrected chi connectivity index (χ0v) is 40.0. The van der Waals surface area contributed by atoms with E-state index in [2.05, 4.69) is 64.9 Å². The number of fused-ring (bicyclic) bond motifs is 7. The third-order valence-electron chi connectivity index (χ3n) is 18.5. The molecule has 0 amide bonds. The smallest absolute Gasteiger partial charge is 0.312 e. The molecule has 9 heteroatoms. The van der Waals surface area contributed by atoms with Gasteiger partial charge in [-0.15, -0.1) is 0 Å². The molecule has 0 aromatic carbocycles. The van der Waals surface area contributed by atoms with Crippen LogP contribution < -0.4 is 5.32 Å². The van der Waals surface area contributed by atoms with Crippen molar-refractivity contribution in [3.63, 3.8) is 0 Å². The van der Waals surface area contributed by atoms with E-state index in [1.54, 1.807) is 19.9 Å². The molecule has 6 rings (SSSR count). The Morgan fingerprint density at radius 1 is 0.867 bits per heavy atom. The van der Waals surface area contributed by atoms with E-state index in [-0.39, 0.29) is 52.7 Å². The Hall–Kier alpha value is -2.23. The first-order valence-electron chi connectivity index (χ1n) is 23.7. The van der Waals surface area contributed by atoms with Crippen molar-refractivity contribution in [1.29, 1.82) is 0 Å². The number of hydrogen-bond donors (Lipinski definition) is 1. The van der Waals surface area contributed by atoms with Gasteiger partial charge >= 0.3 is 11.9 Å². The van der Waals surface area contributed by atoms with E-state index in [0.29, 0.717) is 59.6 Å². The largest absolute Gasteiger partial charge is 0.462 e. The van der Waals surface area contributed by atoms with Crippen molar-refractivity contribution in [3.05, 3.63) is 48.6 Å². The Kier molecular flexibility index (Phi) is 14.0. The summed E-state index contributed by atoms with van der Waals surface area (Å²) >= 11 is 0. The van der Waals surface area contributed by atoms with Gasteiger partial charge in [0.15, 0.2) is 9.84 Å². The minimum Gasteiger partial charge on any atom is -0.462 e. The maximum Gasteiger partial charge on any atom is 0.312 e. The molecule has 1 saturated heterocycles. The van der Waals surface area contributed by atoms with E-state index in [1.807, 2.05) is 25.2 Å². The van der Waals surface area contributed by atoms with Crippen LogP contribution in [0.25, 0.3) is 0 Å². The van der Waals surface area contributed by atoms with Gasteiger partial charge in [0.2, 0.25) is 0 Å². The van der Waals surface area contributed by atoms with Crippen LogP contribution in [0.15, 0.2) is 48.6 Å². The highest BCUT2D eigenvalue weighted by Gasteiger charge is 2.71. The fourth-order valence-electron chi connectivity index (χ4n) is 14.9. The van der Waals surface area contributed by atoms with Gasteiger partial charge in [0.05, 0.1) is 23.3 Å². The highest BCUT2D eigenvalue weighted by Crippen LogP contribution is 2.78. The summed E-state index contributed by atoms with van der Waals surface area (Å²) in [6, 6.07) is 0. The van der Waals surface area contributed by atoms with Crippen molar-refractivity contribution in [1.82, 2.24) is 10.2 Å². The molecular formula is C51H82N2O6S. The third kappa shape index (κ3) is 8.94. The molecule has 10 atom stereocenters. The molecule has 5 aliphatic carbocycles. The summed E-state index contributed by atoms with van der Waals surface area (Å²) in [6.07, 6.45) is 20.4. The van der Waals surface area contributed by atoms with Crippen molar-refractivity contribution in [2.75, 3.05) is 50.8 Å². The van der Waals surface area contributed by atoms with Gasteiger partial charge < -0.3 is 19.7 Å². The van der Waals surface area contributed by atoms with Crippen LogP contribution in [0.1, 0.15) is 139 Å². The standard InChI is InChI=1S/C51H82N2O6S/c1-12-13-14-15-37(4)35-58-45(55)46(5,6)34-43(54)59-42-20-21-48(9)40(47(42,7)8)19-22-50(11)41(48)17-16-39-44-38(36(2)3)18-23-51(44,25-24-49(39,50)10)26-27-52-28-29-53-30-32-60(56,57)33-31-53/h12-15,38-42,44,52H,1-2,16-35H2,3-11H3/b14-13-,37-15+/t38-,39+,40-,41+,42-,44+,48-,49+,50+,51+/m0/s1. The first kappa shape index (κ1) is 47.3. The number of hydrogen-bond acceptors (Lipinski definition) is 8. The Labute approximate surface area is 365 Å². The maximum atomic E-state index is 13.6. The number of allylic oxidation sites excluding steroid dienone is 5. The molecule has 1 heterocycles. The number of carbonyl (C=O) groups excluding carboxylic acids is 2. The zero-order valence-electron chi connectivity index (χ0n) is 39.1. The molecule has 338 valence electrons. The number of rotatable bonds is 15. The Bertz CT molecular complexity index is 1780. The molecule has 6 fully saturated rings. The maximum absolute atomic E-state index is 13.6. The minimum absolute atomic E-state index is 0.00330. The Balaban J connectivity index is 1.10. The summed E-state index contributed by atoms with van der Waals surface area (Å²) in [6.45, 7) is 33.2. The van der Waals surface area contributed by atoms with E-state index >= 15 is 0 Å². The number of esters is 2. The average Bonchev–Trinajstić information content (AvgIpc) is 3.56. The predicted molar refractivity (Wildman–Crippen MR) is 244 cm³/mol. The summed E-state index contributed by atoms with van der Waals surface area (Å²) < 4.78 is 35.9. The van der Waals surface area contributed by atoms with Gasteiger partial charge in [-0.25, -0.2) is 8.42 Å². The Morgan fingerprint density at radius 2 is 1.58 bits per heavy atom. The van der Waals surface area contributed by atoms with Crippen LogP contribution >= 0.6 is 0 Å². The molecule has 6 aliphatic rings. The summed E-state index contributed by atoms with van der Waals surface area (Å²) in [5.41, 5.74) is 2.18. The molecule has 1 aliphatic heterocycles. The van der Waals surface area contributed by atoms with E-state index in [4.69, 9.17) is 9.47 Å². The van der Waals surface area contributed by atoms with Gasteiger partial charge in [0.25, 0.3) is 0 Å². The third-order valence-corrected chi connectivity index (χ3v) is 20.1. The number of nitrogens with zero attached hydrogens (tertiary/aromatic N) is 1. The normalized spacial score (nSPS) is 38.9. The van der Waals surface area contributed by atoms with Crippen molar-refractivity contribution >= 4 is 21.8 Å². The van der Waals surface area contributed by atoms with E-state index in [0.717, 1.165) is 44.5 Å². The molecular weight excluding hydrogens is 769 g/mol. The fraction of sp³-hybridized carbons (Fsp3) is 0.804. The highest BCUT2D eigenvalue weighted by molar-refractivity contribution is 7.91. The molecule has 0 aromatic rings. The first-order valence-corrected chi connectivity index (χ1v) is 25.5. The molecule has 8 nitrogen and oxygen atoms in total. The number of ether oxygens (including phenoxy) is 2. The summed E-state index contributed by atoms with van der Waals surface area (Å²) in [5, 5.41) is 3.81. The second-order valence-corrected chi connectivity index (χ2v) is 25.0. The lowest BCUT2D eigenvalue weighted by Gasteiger charge is -2.73. The molecule has 0 radical (unpaired) electrons. The monoisotopic (exact) mass is 851 g/mol. The molecule has 5 saturated carbocycles. The van der Waals surface area contributed by atoms with Crippen LogP contribution in [0.5, 0.6) is 0 Å². The van der Waals surface area contributed by atoms with Crippen LogP contribution in [0, 0.1) is 62.1 Å². The molecule has 0 unspecified atom stereocenters. The fourth-order valence-corrected chi connectivity index (χ4v) is 16.2. The van der Waals surface area contributed by atoms with Gasteiger partial charge in [0, 0.05) is 31.6 Å². The summed E-state index contributed by atoms with van der Waals surface area (Å²) in [4.78, 5) is 29.1. The van der Waals surface area contributed by atoms with Crippen molar-refractivity contribution in [2.45, 2.75) is 145 Å². The lowest BCUT2D eigenvalue weighted by molar-refractivity contribution is -0.250. The molecule has 0 bridgehead atoms. The molecule has 60 heavy (non-hydrogen) atoms. The highest BCUT2D eigenvalue weighted by atomic mass is 32.2. The van der Waals surface area contributed by atoms with Crippen LogP contribution in [-0.4, -0.2) is 82.2 Å². The van der Waals surface area contributed by atoms with Crippen LogP contribution in [0.4, 0.5) is 0 Å². The van der Waals surface area contributed by atoms with Crippen molar-refractivity contribution in [3.8, 4) is 0 Å². The SMILES string of the molecule is C=C/C=C\C=C(/C)COC(=O)C(C)(C)CC(=O)O[C@H]1CC[C@]2(C)[C@H]3CC[C@@H]4[C@H]5[C@H](C(=C)C)CC[C@]5(CCNCCN5CCS(=O)(=O)CC5)CC[C@@]4(C)[C@]3(C)CC[C@H]2C1(C)C. The number of carbonyl (C=O) groups is 2. The van der Waals surface area contributed by atoms with Crippen molar-refractivity contribution < 1.29 is 27.5 Å². The number of nitrogens with one attached hydrogen (secondary N) is 1. The zero-order chi connectivity index (χ0) is 43.9. The predicted octanol–water partition coefficient (Wildman–Crippen LogP) is 9.91. The average molecular weight is 851 g/mol. The first-order chi connectivity index (χ1) is 28.1. The summed E-state index contributed by atoms with van der Waals surface area (Å²) in [7, 11) is -2.85. The van der Waals surface area contributed by atoms with Gasteiger partial charge in [0.1, 0.15) is 12.7 Å². The molecule has 1 N–H and O–H groups in total. The van der Waals surface area contributed by atoms with Gasteiger partial charge in [-0.05, 0) is 162 Å². The van der Waals surface area contributed by atoms with Crippen molar-refractivity contribution in [2.24, 2.45) is 62.1 Å². The minimum atomic E-state index is -2.85. The van der Waals surface area contributed by atoms with Gasteiger partial charge in [-0.3, -0.25) is 9.59 Å². The quantitative estimate of drug-likeness (QED) is 0.0753. The lowest BCUT2D eigenvalue weighted by atomic mass is 9.32. The van der Waals surface area contributed by atoms with E-state index in [9.17, 15) is 18.0 Å². The van der Waals surface area contributed by atoms with Gasteiger partial charge in [-0.2, -0.15) is 0 Å². The molecule has 0 aromatic heterocycles. The van der Waals surface area contributed by atoms with E-state index < -0.39 is 15.3 Å². The van der Waals surface area contributed by atoms with Crippen LogP contribution in [0.2, 0.25) is 0 Å². The Morgan fingerprint density at radius 3 is 2.27 bits per heavy atom. The second kappa shape index (κ2) is 17.7. The van der Waals surface area contributed by atoms with Crippen LogP contribution in [0.3, 0.4) is 0 Å².